The lowest BCUT2D eigenvalue weighted by atomic mass is 10.0. The van der Waals surface area contributed by atoms with Crippen molar-refractivity contribution in [3.63, 3.8) is 0 Å². The minimum absolute atomic E-state index is 0.157. The molecule has 23 heavy (non-hydrogen) atoms. The first-order chi connectivity index (χ1) is 10.7. The van der Waals surface area contributed by atoms with Crippen molar-refractivity contribution < 1.29 is 24.2 Å². The molecule has 0 amide bonds. The predicted molar refractivity (Wildman–Crippen MR) is 84.2 cm³/mol. The number of pyridine rings is 1. The van der Waals surface area contributed by atoms with Gasteiger partial charge in [-0.1, -0.05) is 6.07 Å². The molecule has 2 N–H and O–H groups in total. The molecule has 0 unspecified atom stereocenters. The standard InChI is InChI=1S/C16H14FNO4S/c1-16(2,15(21)22)23-13-5-6-18-8-11(13)10-4-3-9(14(19)20)7-12(10)17/h3-8H,1-2H3,(H,19,20)(H,21,22). The number of nitrogens with zero attached hydrogens (tertiary/aromatic N) is 1. The molecule has 0 radical (unpaired) electrons. The van der Waals surface area contributed by atoms with Crippen LogP contribution in [0, 0.1) is 5.82 Å². The number of carboxylic acids is 2. The van der Waals surface area contributed by atoms with Crippen molar-refractivity contribution in [1.82, 2.24) is 4.98 Å². The third-order valence-electron chi connectivity index (χ3n) is 3.17. The first-order valence-corrected chi connectivity index (χ1v) is 7.43. The van der Waals surface area contributed by atoms with Gasteiger partial charge in [-0.3, -0.25) is 9.78 Å². The van der Waals surface area contributed by atoms with Crippen LogP contribution in [-0.4, -0.2) is 31.9 Å². The lowest BCUT2D eigenvalue weighted by Crippen LogP contribution is -2.27. The van der Waals surface area contributed by atoms with Crippen molar-refractivity contribution in [1.29, 1.82) is 0 Å². The molecule has 0 aliphatic heterocycles. The summed E-state index contributed by atoms with van der Waals surface area (Å²) in [5.74, 6) is -2.91. The van der Waals surface area contributed by atoms with Crippen LogP contribution in [0.25, 0.3) is 11.1 Å². The predicted octanol–water partition coefficient (Wildman–Crippen LogP) is 3.54. The second-order valence-corrected chi connectivity index (χ2v) is 6.95. The number of hydrogen-bond donors (Lipinski definition) is 2. The Hall–Kier alpha value is -2.41. The van der Waals surface area contributed by atoms with Crippen LogP contribution in [-0.2, 0) is 4.79 Å². The van der Waals surface area contributed by atoms with E-state index in [9.17, 15) is 19.1 Å². The van der Waals surface area contributed by atoms with Crippen LogP contribution in [0.4, 0.5) is 4.39 Å². The van der Waals surface area contributed by atoms with E-state index in [-0.39, 0.29) is 11.1 Å². The van der Waals surface area contributed by atoms with Crippen molar-refractivity contribution in [3.8, 4) is 11.1 Å². The molecule has 0 spiro atoms. The summed E-state index contributed by atoms with van der Waals surface area (Å²) in [7, 11) is 0. The highest BCUT2D eigenvalue weighted by molar-refractivity contribution is 8.01. The van der Waals surface area contributed by atoms with Crippen molar-refractivity contribution in [2.75, 3.05) is 0 Å². The van der Waals surface area contributed by atoms with E-state index in [1.54, 1.807) is 19.9 Å². The molecule has 0 saturated carbocycles. The Kier molecular flexibility index (Phi) is 4.70. The maximum absolute atomic E-state index is 14.3. The fraction of sp³-hybridized carbons (Fsp3) is 0.188. The molecule has 120 valence electrons. The van der Waals surface area contributed by atoms with Gasteiger partial charge >= 0.3 is 11.9 Å². The van der Waals surface area contributed by atoms with E-state index in [0.29, 0.717) is 10.5 Å². The van der Waals surface area contributed by atoms with Gasteiger partial charge in [0.1, 0.15) is 10.6 Å². The highest BCUT2D eigenvalue weighted by Gasteiger charge is 2.29. The van der Waals surface area contributed by atoms with E-state index in [2.05, 4.69) is 4.98 Å². The van der Waals surface area contributed by atoms with Gasteiger partial charge < -0.3 is 10.2 Å². The zero-order valence-electron chi connectivity index (χ0n) is 12.4. The maximum Gasteiger partial charge on any atom is 0.335 e. The van der Waals surface area contributed by atoms with E-state index in [1.165, 1.54) is 24.5 Å². The van der Waals surface area contributed by atoms with E-state index < -0.39 is 22.5 Å². The molecule has 0 atom stereocenters. The van der Waals surface area contributed by atoms with E-state index in [4.69, 9.17) is 5.11 Å². The van der Waals surface area contributed by atoms with Gasteiger partial charge in [-0.25, -0.2) is 9.18 Å². The molecule has 0 fully saturated rings. The summed E-state index contributed by atoms with van der Waals surface area (Å²) >= 11 is 1.07. The van der Waals surface area contributed by atoms with Crippen LogP contribution in [0.2, 0.25) is 0 Å². The van der Waals surface area contributed by atoms with Crippen LogP contribution in [0.15, 0.2) is 41.6 Å². The Morgan fingerprint density at radius 2 is 1.87 bits per heavy atom. The van der Waals surface area contributed by atoms with Crippen molar-refractivity contribution in [2.45, 2.75) is 23.5 Å². The summed E-state index contributed by atoms with van der Waals surface area (Å²) in [4.78, 5) is 26.7. The summed E-state index contributed by atoms with van der Waals surface area (Å²) in [5, 5.41) is 18.1. The number of halogens is 1. The van der Waals surface area contributed by atoms with Crippen molar-refractivity contribution >= 4 is 23.7 Å². The summed E-state index contributed by atoms with van der Waals surface area (Å²) in [5.41, 5.74) is 0.434. The van der Waals surface area contributed by atoms with Crippen LogP contribution in [0.1, 0.15) is 24.2 Å². The number of aliphatic carboxylic acids is 1. The molecule has 0 aliphatic rings. The van der Waals surface area contributed by atoms with Crippen LogP contribution in [0.5, 0.6) is 0 Å². The smallest absolute Gasteiger partial charge is 0.335 e. The topological polar surface area (TPSA) is 87.5 Å². The lowest BCUT2D eigenvalue weighted by Gasteiger charge is -2.20. The minimum Gasteiger partial charge on any atom is -0.480 e. The number of thioether (sulfide) groups is 1. The van der Waals surface area contributed by atoms with Crippen LogP contribution < -0.4 is 0 Å². The van der Waals surface area contributed by atoms with Gasteiger partial charge in [0.2, 0.25) is 0 Å². The number of aromatic carboxylic acids is 1. The molecule has 1 aromatic carbocycles. The molecular formula is C16H14FNO4S. The Bertz CT molecular complexity index is 776. The second kappa shape index (κ2) is 6.37. The van der Waals surface area contributed by atoms with E-state index in [1.807, 2.05) is 0 Å². The van der Waals surface area contributed by atoms with Gasteiger partial charge in [0.15, 0.2) is 0 Å². The minimum atomic E-state index is -1.22. The van der Waals surface area contributed by atoms with Crippen LogP contribution in [0.3, 0.4) is 0 Å². The first kappa shape index (κ1) is 17.0. The molecule has 1 aromatic heterocycles. The highest BCUT2D eigenvalue weighted by Crippen LogP contribution is 2.39. The molecule has 1 heterocycles. The zero-order chi connectivity index (χ0) is 17.2. The molecular weight excluding hydrogens is 321 g/mol. The summed E-state index contributed by atoms with van der Waals surface area (Å²) in [6, 6.07) is 5.19. The number of benzene rings is 1. The van der Waals surface area contributed by atoms with Gasteiger partial charge in [-0.05, 0) is 32.0 Å². The van der Waals surface area contributed by atoms with Gasteiger partial charge in [-0.15, -0.1) is 11.8 Å². The largest absolute Gasteiger partial charge is 0.480 e. The third kappa shape index (κ3) is 3.68. The molecule has 0 bridgehead atoms. The Morgan fingerprint density at radius 1 is 1.17 bits per heavy atom. The normalized spacial score (nSPS) is 11.3. The fourth-order valence-corrected chi connectivity index (χ4v) is 2.90. The Morgan fingerprint density at radius 3 is 2.43 bits per heavy atom. The maximum atomic E-state index is 14.3. The molecule has 0 saturated heterocycles. The molecule has 2 rings (SSSR count). The monoisotopic (exact) mass is 335 g/mol. The quantitative estimate of drug-likeness (QED) is 0.813. The van der Waals surface area contributed by atoms with Gasteiger partial charge in [0, 0.05) is 28.4 Å². The molecule has 7 heteroatoms. The molecule has 0 aliphatic carbocycles. The average molecular weight is 335 g/mol. The highest BCUT2D eigenvalue weighted by atomic mass is 32.2. The summed E-state index contributed by atoms with van der Waals surface area (Å²) in [6.07, 6.45) is 2.92. The SMILES string of the molecule is CC(C)(Sc1ccncc1-c1ccc(C(=O)O)cc1F)C(=O)O. The average Bonchev–Trinajstić information content (AvgIpc) is 2.47. The van der Waals surface area contributed by atoms with Gasteiger partial charge in [-0.2, -0.15) is 0 Å². The van der Waals surface area contributed by atoms with Crippen molar-refractivity contribution in [3.05, 3.63) is 48.0 Å². The lowest BCUT2D eigenvalue weighted by molar-refractivity contribution is -0.138. The number of rotatable bonds is 5. The Labute approximate surface area is 136 Å². The first-order valence-electron chi connectivity index (χ1n) is 6.62. The van der Waals surface area contributed by atoms with E-state index in [0.717, 1.165) is 17.8 Å². The van der Waals surface area contributed by atoms with E-state index >= 15 is 0 Å². The third-order valence-corrected chi connectivity index (χ3v) is 4.43. The van der Waals surface area contributed by atoms with Crippen molar-refractivity contribution in [2.24, 2.45) is 0 Å². The number of carboxylic acid groups (broad SMARTS) is 2. The number of aromatic nitrogens is 1. The van der Waals surface area contributed by atoms with Gasteiger partial charge in [0.25, 0.3) is 0 Å². The fourth-order valence-electron chi connectivity index (χ4n) is 1.86. The number of hydrogen-bond acceptors (Lipinski definition) is 4. The second-order valence-electron chi connectivity index (χ2n) is 5.29. The summed E-state index contributed by atoms with van der Waals surface area (Å²) in [6.45, 7) is 3.10. The molecule has 2 aromatic rings. The number of carbonyl (C=O) groups is 2. The zero-order valence-corrected chi connectivity index (χ0v) is 13.2. The Balaban J connectivity index is 2.49. The van der Waals surface area contributed by atoms with Crippen LogP contribution >= 0.6 is 11.8 Å². The van der Waals surface area contributed by atoms with Gasteiger partial charge in [0.05, 0.1) is 5.56 Å². The summed E-state index contributed by atoms with van der Waals surface area (Å²) < 4.78 is 13.1. The molecule has 5 nitrogen and oxygen atoms in total.